The first-order valence-corrected chi connectivity index (χ1v) is 8.32. The molecule has 1 aromatic rings. The lowest BCUT2D eigenvalue weighted by Crippen LogP contribution is -2.44. The van der Waals surface area contributed by atoms with Gasteiger partial charge >= 0.3 is 0 Å². The molecule has 0 radical (unpaired) electrons. The minimum atomic E-state index is 0.0854. The summed E-state index contributed by atoms with van der Waals surface area (Å²) in [5.74, 6) is 0.818. The van der Waals surface area contributed by atoms with Crippen molar-refractivity contribution in [3.8, 4) is 5.75 Å². The zero-order chi connectivity index (χ0) is 13.8. The van der Waals surface area contributed by atoms with E-state index in [0.717, 1.165) is 33.2 Å². The molecule has 1 heterocycles. The van der Waals surface area contributed by atoms with Gasteiger partial charge in [-0.15, -0.1) is 0 Å². The maximum Gasteiger partial charge on any atom is 0.260 e. The zero-order valence-corrected chi connectivity index (χ0v) is 14.6. The van der Waals surface area contributed by atoms with Gasteiger partial charge in [0.1, 0.15) is 5.75 Å². The predicted molar refractivity (Wildman–Crippen MR) is 87.4 cm³/mol. The molecule has 1 aliphatic rings. The van der Waals surface area contributed by atoms with Gasteiger partial charge in [0, 0.05) is 20.6 Å². The van der Waals surface area contributed by atoms with Gasteiger partial charge in [0.05, 0.1) is 0 Å². The molecule has 0 aromatic heterocycles. The molecule has 5 heteroatoms. The fourth-order valence-electron chi connectivity index (χ4n) is 2.31. The van der Waals surface area contributed by atoms with E-state index in [2.05, 4.69) is 45.4 Å². The van der Waals surface area contributed by atoms with Crippen LogP contribution in [0.1, 0.15) is 26.2 Å². The molecule has 0 aliphatic carbocycles. The number of carbonyl (C=O) groups excluding carboxylic acids is 1. The van der Waals surface area contributed by atoms with Gasteiger partial charge in [-0.3, -0.25) is 4.79 Å². The quantitative estimate of drug-likeness (QED) is 0.672. The van der Waals surface area contributed by atoms with E-state index < -0.39 is 0 Å². The van der Waals surface area contributed by atoms with Gasteiger partial charge in [-0.1, -0.05) is 15.9 Å². The summed E-state index contributed by atoms with van der Waals surface area (Å²) in [6.45, 7) is 3.09. The number of benzene rings is 1. The van der Waals surface area contributed by atoms with Gasteiger partial charge in [-0.05, 0) is 67.0 Å². The first-order valence-electron chi connectivity index (χ1n) is 6.44. The average Bonchev–Trinajstić information content (AvgIpc) is 2.35. The van der Waals surface area contributed by atoms with Crippen LogP contribution in [0.3, 0.4) is 0 Å². The summed E-state index contributed by atoms with van der Waals surface area (Å²) in [6.07, 6.45) is 3.42. The summed E-state index contributed by atoms with van der Waals surface area (Å²) < 4.78 is 7.65. The molecule has 2 rings (SSSR count). The highest BCUT2D eigenvalue weighted by Gasteiger charge is 2.23. The number of rotatable bonds is 3. The molecule has 1 unspecified atom stereocenters. The average molecular weight is 438 g/mol. The number of likely N-dealkylation sites (tertiary alicyclic amines) is 1. The highest BCUT2D eigenvalue weighted by atomic mass is 127. The van der Waals surface area contributed by atoms with Crippen LogP contribution in [-0.2, 0) is 4.79 Å². The monoisotopic (exact) mass is 437 g/mol. The Morgan fingerprint density at radius 1 is 1.47 bits per heavy atom. The van der Waals surface area contributed by atoms with E-state index in [1.807, 2.05) is 23.1 Å². The van der Waals surface area contributed by atoms with Crippen LogP contribution < -0.4 is 4.74 Å². The zero-order valence-electron chi connectivity index (χ0n) is 10.9. The standard InChI is InChI=1S/C14H17BrINO2/c1-10-4-2-3-5-17(10)14(18)9-19-13-7-11(15)6-12(16)8-13/h6-8,10H,2-5,9H2,1H3. The van der Waals surface area contributed by atoms with E-state index in [-0.39, 0.29) is 12.5 Å². The van der Waals surface area contributed by atoms with Crippen molar-refractivity contribution in [2.24, 2.45) is 0 Å². The Bertz CT molecular complexity index is 447. The van der Waals surface area contributed by atoms with Crippen LogP contribution in [-0.4, -0.2) is 30.0 Å². The van der Waals surface area contributed by atoms with Crippen molar-refractivity contribution >= 4 is 44.4 Å². The van der Waals surface area contributed by atoms with E-state index in [1.54, 1.807) is 0 Å². The Kier molecular flexibility index (Phi) is 5.50. The second kappa shape index (κ2) is 6.92. The number of hydrogen-bond acceptors (Lipinski definition) is 2. The first kappa shape index (κ1) is 15.1. The highest BCUT2D eigenvalue weighted by Crippen LogP contribution is 2.23. The fraction of sp³-hybridized carbons (Fsp3) is 0.500. The van der Waals surface area contributed by atoms with Gasteiger partial charge in [0.15, 0.2) is 6.61 Å². The van der Waals surface area contributed by atoms with Crippen molar-refractivity contribution in [3.63, 3.8) is 0 Å². The maximum absolute atomic E-state index is 12.1. The summed E-state index contributed by atoms with van der Waals surface area (Å²) in [7, 11) is 0. The van der Waals surface area contributed by atoms with E-state index in [4.69, 9.17) is 4.74 Å². The summed E-state index contributed by atoms with van der Waals surface area (Å²) in [6, 6.07) is 6.16. The van der Waals surface area contributed by atoms with Crippen LogP contribution in [0.15, 0.2) is 22.7 Å². The predicted octanol–water partition coefficient (Wildman–Crippen LogP) is 3.83. The highest BCUT2D eigenvalue weighted by molar-refractivity contribution is 14.1. The maximum atomic E-state index is 12.1. The van der Waals surface area contributed by atoms with Crippen LogP contribution in [0.4, 0.5) is 0 Å². The molecule has 0 saturated carbocycles. The Balaban J connectivity index is 1.92. The van der Waals surface area contributed by atoms with E-state index in [0.29, 0.717) is 6.04 Å². The van der Waals surface area contributed by atoms with Crippen LogP contribution in [0.2, 0.25) is 0 Å². The van der Waals surface area contributed by atoms with Crippen molar-refractivity contribution in [1.29, 1.82) is 0 Å². The number of amides is 1. The molecule has 1 amide bonds. The van der Waals surface area contributed by atoms with Gasteiger partial charge in [-0.25, -0.2) is 0 Å². The second-order valence-electron chi connectivity index (χ2n) is 4.83. The molecule has 1 fully saturated rings. The summed E-state index contributed by atoms with van der Waals surface area (Å²) in [5, 5.41) is 0. The Hall–Kier alpha value is -0.300. The smallest absolute Gasteiger partial charge is 0.260 e. The number of nitrogens with zero attached hydrogens (tertiary/aromatic N) is 1. The number of ether oxygens (including phenoxy) is 1. The van der Waals surface area contributed by atoms with E-state index in [1.165, 1.54) is 6.42 Å². The Labute approximate surface area is 136 Å². The summed E-state index contributed by atoms with van der Waals surface area (Å²) in [5.41, 5.74) is 0. The van der Waals surface area contributed by atoms with Gasteiger partial charge in [0.2, 0.25) is 0 Å². The van der Waals surface area contributed by atoms with Crippen molar-refractivity contribution < 1.29 is 9.53 Å². The minimum absolute atomic E-state index is 0.0854. The molecule has 0 bridgehead atoms. The van der Waals surface area contributed by atoms with Crippen LogP contribution >= 0.6 is 38.5 Å². The first-order chi connectivity index (χ1) is 9.06. The van der Waals surface area contributed by atoms with Gasteiger partial charge in [0.25, 0.3) is 5.91 Å². The summed E-state index contributed by atoms with van der Waals surface area (Å²) >= 11 is 5.66. The lowest BCUT2D eigenvalue weighted by Gasteiger charge is -2.33. The molecular formula is C14H17BrINO2. The van der Waals surface area contributed by atoms with Gasteiger partial charge < -0.3 is 9.64 Å². The normalized spacial score (nSPS) is 19.3. The fourth-order valence-corrected chi connectivity index (χ4v) is 3.85. The molecule has 0 spiro atoms. The molecule has 3 nitrogen and oxygen atoms in total. The van der Waals surface area contributed by atoms with E-state index >= 15 is 0 Å². The molecule has 1 aliphatic heterocycles. The Morgan fingerprint density at radius 3 is 2.95 bits per heavy atom. The third-order valence-corrected chi connectivity index (χ3v) is 4.40. The second-order valence-corrected chi connectivity index (χ2v) is 6.99. The van der Waals surface area contributed by atoms with Crippen molar-refractivity contribution in [3.05, 3.63) is 26.2 Å². The lowest BCUT2D eigenvalue weighted by molar-refractivity contribution is -0.136. The largest absolute Gasteiger partial charge is 0.484 e. The molecule has 1 saturated heterocycles. The van der Waals surface area contributed by atoms with Crippen molar-refractivity contribution in [2.75, 3.05) is 13.2 Å². The van der Waals surface area contributed by atoms with Crippen molar-refractivity contribution in [2.45, 2.75) is 32.2 Å². The van der Waals surface area contributed by atoms with Crippen LogP contribution in [0.25, 0.3) is 0 Å². The van der Waals surface area contributed by atoms with E-state index in [9.17, 15) is 4.79 Å². The SMILES string of the molecule is CC1CCCCN1C(=O)COc1cc(Br)cc(I)c1. The molecule has 0 N–H and O–H groups in total. The topological polar surface area (TPSA) is 29.5 Å². The number of piperidine rings is 1. The number of hydrogen-bond donors (Lipinski definition) is 0. The lowest BCUT2D eigenvalue weighted by atomic mass is 10.0. The molecular weight excluding hydrogens is 421 g/mol. The Morgan fingerprint density at radius 2 is 2.26 bits per heavy atom. The molecule has 1 aromatic carbocycles. The number of carbonyl (C=O) groups is 1. The minimum Gasteiger partial charge on any atom is -0.484 e. The number of halogens is 2. The van der Waals surface area contributed by atoms with Gasteiger partial charge in [-0.2, -0.15) is 0 Å². The van der Waals surface area contributed by atoms with Crippen molar-refractivity contribution in [1.82, 2.24) is 4.90 Å². The molecule has 104 valence electrons. The van der Waals surface area contributed by atoms with Crippen LogP contribution in [0.5, 0.6) is 5.75 Å². The summed E-state index contributed by atoms with van der Waals surface area (Å²) in [4.78, 5) is 14.1. The van der Waals surface area contributed by atoms with Crippen LogP contribution in [0, 0.1) is 3.57 Å². The molecule has 1 atom stereocenters. The molecule has 19 heavy (non-hydrogen) atoms. The third-order valence-electron chi connectivity index (χ3n) is 3.32. The third kappa shape index (κ3) is 4.34.